The Bertz CT molecular complexity index is 1640. The molecule has 1 aromatic carbocycles. The Morgan fingerprint density at radius 1 is 1.12 bits per heavy atom. The van der Waals surface area contributed by atoms with Crippen molar-refractivity contribution in [1.82, 2.24) is 34.5 Å². The van der Waals surface area contributed by atoms with Crippen LogP contribution in [-0.4, -0.2) is 79.1 Å². The smallest absolute Gasteiger partial charge is 0.256 e. The highest BCUT2D eigenvalue weighted by molar-refractivity contribution is 6.04. The summed E-state index contributed by atoms with van der Waals surface area (Å²) in [7, 11) is 2.10. The molecule has 4 heterocycles. The van der Waals surface area contributed by atoms with Gasteiger partial charge in [0.1, 0.15) is 23.7 Å². The number of hydrogen-bond acceptors (Lipinski definition) is 8. The Balaban J connectivity index is 1.19. The third-order valence-electron chi connectivity index (χ3n) is 8.06. The first-order valence-corrected chi connectivity index (χ1v) is 14.4. The molecular formula is C31H35N9O2. The topological polar surface area (TPSA) is 135 Å². The fraction of sp³-hybridized carbons (Fsp3) is 0.355. The summed E-state index contributed by atoms with van der Waals surface area (Å²) in [6, 6.07) is 11.6. The Morgan fingerprint density at radius 3 is 2.69 bits per heavy atom. The van der Waals surface area contributed by atoms with E-state index in [0.717, 1.165) is 30.5 Å². The summed E-state index contributed by atoms with van der Waals surface area (Å²) in [5, 5.41) is 8.45. The minimum Gasteiger partial charge on any atom is -0.383 e. The molecule has 11 heteroatoms. The molecule has 0 spiro atoms. The lowest BCUT2D eigenvalue weighted by atomic mass is 10.1. The van der Waals surface area contributed by atoms with Crippen LogP contribution in [0.4, 0.5) is 11.6 Å². The summed E-state index contributed by atoms with van der Waals surface area (Å²) in [4.78, 5) is 42.9. The number of amides is 2. The Morgan fingerprint density at radius 2 is 1.93 bits per heavy atom. The molecule has 0 unspecified atom stereocenters. The van der Waals surface area contributed by atoms with E-state index in [4.69, 9.17) is 10.8 Å². The largest absolute Gasteiger partial charge is 0.383 e. The van der Waals surface area contributed by atoms with Crippen molar-refractivity contribution in [2.45, 2.75) is 44.7 Å². The first kappa shape index (κ1) is 27.5. The third kappa shape index (κ3) is 5.73. The van der Waals surface area contributed by atoms with Crippen LogP contribution >= 0.6 is 0 Å². The number of nitrogens with zero attached hydrogens (tertiary/aromatic N) is 7. The molecule has 216 valence electrons. The number of pyridine rings is 1. The number of carbonyl (C=O) groups excluding carboxylic acids is 2. The lowest BCUT2D eigenvalue weighted by Gasteiger charge is -2.16. The van der Waals surface area contributed by atoms with Crippen molar-refractivity contribution >= 4 is 34.5 Å². The highest BCUT2D eigenvalue weighted by Gasteiger charge is 2.30. The van der Waals surface area contributed by atoms with E-state index in [0.29, 0.717) is 53.1 Å². The molecule has 3 N–H and O–H groups in total. The number of fused-ring (bicyclic) bond motifs is 1. The molecule has 3 aromatic heterocycles. The molecule has 0 bridgehead atoms. The maximum Gasteiger partial charge on any atom is 0.256 e. The number of likely N-dealkylation sites (tertiary alicyclic amines) is 1. The molecular weight excluding hydrogens is 530 g/mol. The average molecular weight is 566 g/mol. The van der Waals surface area contributed by atoms with Gasteiger partial charge in [-0.2, -0.15) is 5.10 Å². The molecule has 1 aliphatic heterocycles. The molecule has 6 rings (SSSR count). The Kier molecular flexibility index (Phi) is 7.66. The molecule has 1 aliphatic carbocycles. The van der Waals surface area contributed by atoms with Crippen molar-refractivity contribution in [3.8, 4) is 11.3 Å². The zero-order valence-electron chi connectivity index (χ0n) is 23.9. The fourth-order valence-corrected chi connectivity index (χ4v) is 5.41. The van der Waals surface area contributed by atoms with Crippen molar-refractivity contribution in [2.75, 3.05) is 37.7 Å². The van der Waals surface area contributed by atoms with Gasteiger partial charge in [0.2, 0.25) is 5.91 Å². The first-order valence-electron chi connectivity index (χ1n) is 14.4. The second-order valence-electron chi connectivity index (χ2n) is 11.0. The molecule has 1 saturated heterocycles. The van der Waals surface area contributed by atoms with Gasteiger partial charge >= 0.3 is 0 Å². The normalized spacial score (nSPS) is 17.0. The van der Waals surface area contributed by atoms with Gasteiger partial charge in [0.15, 0.2) is 5.65 Å². The second-order valence-corrected chi connectivity index (χ2v) is 11.0. The highest BCUT2D eigenvalue weighted by Crippen LogP contribution is 2.34. The van der Waals surface area contributed by atoms with Gasteiger partial charge in [-0.25, -0.2) is 19.6 Å². The lowest BCUT2D eigenvalue weighted by molar-refractivity contribution is -0.125. The fourth-order valence-electron chi connectivity index (χ4n) is 5.41. The zero-order valence-corrected chi connectivity index (χ0v) is 23.9. The van der Waals surface area contributed by atoms with Gasteiger partial charge in [0, 0.05) is 49.1 Å². The van der Waals surface area contributed by atoms with E-state index in [-0.39, 0.29) is 17.9 Å². The second kappa shape index (κ2) is 11.7. The van der Waals surface area contributed by atoms with Crippen molar-refractivity contribution in [3.63, 3.8) is 0 Å². The van der Waals surface area contributed by atoms with Crippen LogP contribution in [0.15, 0.2) is 61.1 Å². The van der Waals surface area contributed by atoms with Crippen LogP contribution in [0.2, 0.25) is 0 Å². The van der Waals surface area contributed by atoms with E-state index < -0.39 is 0 Å². The van der Waals surface area contributed by atoms with Crippen molar-refractivity contribution in [1.29, 1.82) is 0 Å². The summed E-state index contributed by atoms with van der Waals surface area (Å²) in [5.41, 5.74) is 9.97. The van der Waals surface area contributed by atoms with Gasteiger partial charge in [-0.1, -0.05) is 25.1 Å². The maximum absolute atomic E-state index is 12.9. The van der Waals surface area contributed by atoms with Gasteiger partial charge in [0.25, 0.3) is 5.91 Å². The van der Waals surface area contributed by atoms with Crippen molar-refractivity contribution < 1.29 is 9.59 Å². The summed E-state index contributed by atoms with van der Waals surface area (Å²) in [6.07, 6.45) is 10.9. The summed E-state index contributed by atoms with van der Waals surface area (Å²) in [5.74, 6) is 0.615. The number of benzene rings is 1. The number of rotatable bonds is 9. The zero-order chi connectivity index (χ0) is 29.2. The molecule has 4 aromatic rings. The molecule has 2 amide bonds. The van der Waals surface area contributed by atoms with E-state index >= 15 is 0 Å². The van der Waals surface area contributed by atoms with E-state index in [9.17, 15) is 9.59 Å². The van der Waals surface area contributed by atoms with Crippen LogP contribution in [0, 0.1) is 0 Å². The van der Waals surface area contributed by atoms with Gasteiger partial charge in [0.05, 0.1) is 11.4 Å². The summed E-state index contributed by atoms with van der Waals surface area (Å²) in [6.45, 7) is 4.01. The molecule has 2 aliphatic rings. The molecule has 11 nitrogen and oxygen atoms in total. The monoisotopic (exact) mass is 565 g/mol. The average Bonchev–Trinajstić information content (AvgIpc) is 3.61. The Hall–Kier alpha value is -4.64. The third-order valence-corrected chi connectivity index (χ3v) is 8.06. The predicted molar refractivity (Wildman–Crippen MR) is 162 cm³/mol. The highest BCUT2D eigenvalue weighted by atomic mass is 16.2. The molecule has 1 saturated carbocycles. The number of carbonyl (C=O) groups is 2. The van der Waals surface area contributed by atoms with E-state index in [1.807, 2.05) is 39.9 Å². The number of likely N-dealkylation sites (N-methyl/N-ethyl adjacent to an activating group) is 1. The maximum atomic E-state index is 12.9. The molecule has 1 atom stereocenters. The standard InChI is InChI=1S/C31H35N9O2/c1-3-20-12-14-33-25(17-20)36-31(42)22-8-6-21(7-9-22)28-27-29(32)34-19-35-30(27)40(37-28)24-13-16-39(18-24)26(41)5-4-15-38(2)23-10-11-23/h4-9,12,14,17,19,23-24H,3,10-11,13,15-16,18H2,1-2H3,(H2,32,34,35)(H,33,36,42)/b5-4+/t24-/m1/s1. The number of aryl methyl sites for hydroxylation is 1. The summed E-state index contributed by atoms with van der Waals surface area (Å²) >= 11 is 0. The predicted octanol–water partition coefficient (Wildman–Crippen LogP) is 3.71. The molecule has 2 fully saturated rings. The minimum absolute atomic E-state index is 0.0120. The summed E-state index contributed by atoms with van der Waals surface area (Å²) < 4.78 is 1.87. The number of anilines is 2. The van der Waals surface area contributed by atoms with Gasteiger partial charge in [-0.3, -0.25) is 14.5 Å². The Labute approximate surface area is 244 Å². The van der Waals surface area contributed by atoms with Crippen LogP contribution in [0.3, 0.4) is 0 Å². The van der Waals surface area contributed by atoms with E-state index in [1.165, 1.54) is 19.2 Å². The first-order chi connectivity index (χ1) is 20.4. The van der Waals surface area contributed by atoms with Crippen LogP contribution in [0.25, 0.3) is 22.3 Å². The van der Waals surface area contributed by atoms with E-state index in [1.54, 1.807) is 24.4 Å². The number of nitrogens with two attached hydrogens (primary N) is 1. The van der Waals surface area contributed by atoms with Crippen LogP contribution < -0.4 is 11.1 Å². The quantitative estimate of drug-likeness (QED) is 0.293. The number of hydrogen-bond donors (Lipinski definition) is 2. The van der Waals surface area contributed by atoms with Gasteiger partial charge in [-0.05, 0) is 62.6 Å². The van der Waals surface area contributed by atoms with Crippen molar-refractivity contribution in [2.24, 2.45) is 0 Å². The molecule has 0 radical (unpaired) electrons. The van der Waals surface area contributed by atoms with Crippen molar-refractivity contribution in [3.05, 3.63) is 72.2 Å². The van der Waals surface area contributed by atoms with Crippen LogP contribution in [0.1, 0.15) is 48.1 Å². The van der Waals surface area contributed by atoms with Gasteiger partial charge in [-0.15, -0.1) is 0 Å². The number of aromatic nitrogens is 5. The lowest BCUT2D eigenvalue weighted by Crippen LogP contribution is -2.28. The minimum atomic E-state index is -0.246. The number of nitrogen functional groups attached to an aromatic ring is 1. The molecule has 42 heavy (non-hydrogen) atoms. The van der Waals surface area contributed by atoms with Gasteiger partial charge < -0.3 is 16.0 Å². The van der Waals surface area contributed by atoms with Crippen LogP contribution in [-0.2, 0) is 11.2 Å². The van der Waals surface area contributed by atoms with E-state index in [2.05, 4.69) is 39.1 Å². The number of nitrogens with one attached hydrogen (secondary N) is 1. The van der Waals surface area contributed by atoms with Crippen LogP contribution in [0.5, 0.6) is 0 Å². The SMILES string of the molecule is CCc1ccnc(NC(=O)c2ccc(-c3nn([C@@H]4CCN(C(=O)/C=C/CN(C)C5CC5)C4)c4ncnc(N)c34)cc2)c1.